The number of carbonyl (C=O) groups excluding carboxylic acids is 1. The summed E-state index contributed by atoms with van der Waals surface area (Å²) in [6, 6.07) is 5.56. The Bertz CT molecular complexity index is 1380. The van der Waals surface area contributed by atoms with Crippen molar-refractivity contribution >= 4 is 16.9 Å². The molecule has 1 atom stereocenters. The molecule has 0 bridgehead atoms. The Labute approximate surface area is 176 Å². The number of cyclic esters (lactones) is 1. The molecule has 0 radical (unpaired) electrons. The first kappa shape index (κ1) is 18.5. The maximum Gasteiger partial charge on any atom is 0.343 e. The minimum atomic E-state index is -1.86. The zero-order valence-corrected chi connectivity index (χ0v) is 16.9. The highest BCUT2D eigenvalue weighted by Crippen LogP contribution is 2.41. The molecule has 1 aromatic carbocycles. The molecule has 5 heterocycles. The van der Waals surface area contributed by atoms with Crippen LogP contribution in [0.5, 0.6) is 5.75 Å². The molecule has 31 heavy (non-hydrogen) atoms. The quantitative estimate of drug-likeness (QED) is 0.473. The van der Waals surface area contributed by atoms with Gasteiger partial charge in [0.15, 0.2) is 5.60 Å². The molecule has 0 unspecified atom stereocenters. The lowest BCUT2D eigenvalue weighted by Crippen LogP contribution is -2.44. The second-order valence-corrected chi connectivity index (χ2v) is 8.25. The van der Waals surface area contributed by atoms with Gasteiger partial charge in [0.25, 0.3) is 5.56 Å². The average molecular weight is 420 g/mol. The van der Waals surface area contributed by atoms with E-state index in [4.69, 9.17) is 14.5 Å². The molecule has 0 fully saturated rings. The van der Waals surface area contributed by atoms with Gasteiger partial charge in [0.05, 0.1) is 42.2 Å². The lowest BCUT2D eigenvalue weighted by Gasteiger charge is -2.31. The molecule has 8 heteroatoms. The van der Waals surface area contributed by atoms with E-state index in [0.717, 1.165) is 34.2 Å². The Morgan fingerprint density at radius 2 is 2.03 bits per heavy atom. The van der Waals surface area contributed by atoms with Crippen molar-refractivity contribution in [3.05, 3.63) is 56.4 Å². The molecular formula is C23H20N2O6. The van der Waals surface area contributed by atoms with Gasteiger partial charge in [-0.05, 0) is 29.7 Å². The summed E-state index contributed by atoms with van der Waals surface area (Å²) in [6.45, 7) is 2.20. The van der Waals surface area contributed by atoms with Crippen LogP contribution in [-0.2, 0) is 41.3 Å². The Hall–Kier alpha value is -3.23. The molecule has 3 aliphatic heterocycles. The van der Waals surface area contributed by atoms with Gasteiger partial charge in [0.1, 0.15) is 12.4 Å². The number of aromatic nitrogens is 2. The van der Waals surface area contributed by atoms with Gasteiger partial charge in [0.2, 0.25) is 0 Å². The van der Waals surface area contributed by atoms with E-state index in [1.807, 2.05) is 12.1 Å². The van der Waals surface area contributed by atoms with Crippen LogP contribution in [-0.4, -0.2) is 32.3 Å². The number of esters is 1. The predicted molar refractivity (Wildman–Crippen MR) is 110 cm³/mol. The lowest BCUT2D eigenvalue weighted by atomic mass is 9.86. The van der Waals surface area contributed by atoms with Crippen LogP contribution in [0.2, 0.25) is 0 Å². The number of ether oxygens (including phenoxy) is 2. The van der Waals surface area contributed by atoms with Crippen molar-refractivity contribution in [2.45, 2.75) is 45.1 Å². The first-order valence-electron chi connectivity index (χ1n) is 10.4. The molecule has 8 nitrogen and oxygen atoms in total. The molecule has 0 spiro atoms. The lowest BCUT2D eigenvalue weighted by molar-refractivity contribution is -0.172. The summed E-state index contributed by atoms with van der Waals surface area (Å²) < 4.78 is 12.4. The van der Waals surface area contributed by atoms with Crippen LogP contribution in [0.3, 0.4) is 0 Å². The number of nitrogens with zero attached hydrogens (tertiary/aromatic N) is 2. The van der Waals surface area contributed by atoms with Crippen LogP contribution in [0.15, 0.2) is 23.0 Å². The van der Waals surface area contributed by atoms with E-state index in [-0.39, 0.29) is 42.9 Å². The van der Waals surface area contributed by atoms with Crippen molar-refractivity contribution in [3.63, 3.8) is 0 Å². The molecule has 2 N–H and O–H groups in total. The molecule has 0 saturated heterocycles. The third-order valence-electron chi connectivity index (χ3n) is 6.78. The molecule has 0 amide bonds. The predicted octanol–water partition coefficient (Wildman–Crippen LogP) is 1.51. The standard InChI is InChI=1S/C23H20N2O6/c1-2-23(29)16-6-18-20-13(8-25(18)21(27)15(16)10-31-22(23)28)14(9-26)12-5-11-3-4-30-19(11)7-17(12)24-20/h5-7,26,29H,2-4,8-10H2,1H3/t23-/m0/s1. The van der Waals surface area contributed by atoms with Crippen molar-refractivity contribution in [1.82, 2.24) is 9.55 Å². The minimum absolute atomic E-state index is 0.0884. The van der Waals surface area contributed by atoms with Crippen molar-refractivity contribution in [2.24, 2.45) is 0 Å². The third kappa shape index (κ3) is 2.29. The Kier molecular flexibility index (Phi) is 3.68. The van der Waals surface area contributed by atoms with Crippen molar-refractivity contribution in [1.29, 1.82) is 0 Å². The van der Waals surface area contributed by atoms with Crippen LogP contribution in [0.25, 0.3) is 22.3 Å². The Balaban J connectivity index is 1.65. The Morgan fingerprint density at radius 1 is 1.19 bits per heavy atom. The number of hydrogen-bond donors (Lipinski definition) is 2. The van der Waals surface area contributed by atoms with Gasteiger partial charge in [0, 0.05) is 29.0 Å². The zero-order chi connectivity index (χ0) is 21.5. The highest BCUT2D eigenvalue weighted by atomic mass is 16.6. The molecule has 3 aliphatic rings. The molecule has 6 rings (SSSR count). The van der Waals surface area contributed by atoms with E-state index < -0.39 is 11.6 Å². The summed E-state index contributed by atoms with van der Waals surface area (Å²) in [5, 5.41) is 22.0. The van der Waals surface area contributed by atoms with E-state index in [1.54, 1.807) is 17.6 Å². The highest BCUT2D eigenvalue weighted by Gasteiger charge is 2.45. The van der Waals surface area contributed by atoms with Gasteiger partial charge in [-0.3, -0.25) is 4.79 Å². The minimum Gasteiger partial charge on any atom is -0.493 e. The number of aliphatic hydroxyl groups excluding tert-OH is 1. The van der Waals surface area contributed by atoms with Gasteiger partial charge in [-0.2, -0.15) is 0 Å². The van der Waals surface area contributed by atoms with Gasteiger partial charge in [-0.15, -0.1) is 0 Å². The second-order valence-electron chi connectivity index (χ2n) is 8.25. The summed E-state index contributed by atoms with van der Waals surface area (Å²) in [7, 11) is 0. The van der Waals surface area contributed by atoms with Crippen molar-refractivity contribution in [3.8, 4) is 17.1 Å². The van der Waals surface area contributed by atoms with Gasteiger partial charge in [-0.1, -0.05) is 6.92 Å². The molecule has 158 valence electrons. The van der Waals surface area contributed by atoms with E-state index >= 15 is 0 Å². The number of carbonyl (C=O) groups is 1. The number of benzene rings is 1. The molecule has 3 aromatic rings. The maximum atomic E-state index is 13.3. The number of rotatable bonds is 2. The molecule has 0 aliphatic carbocycles. The van der Waals surface area contributed by atoms with Gasteiger partial charge >= 0.3 is 5.97 Å². The summed E-state index contributed by atoms with van der Waals surface area (Å²) in [6.07, 6.45) is 0.897. The maximum absolute atomic E-state index is 13.3. The fraction of sp³-hybridized carbons (Fsp3) is 0.348. The van der Waals surface area contributed by atoms with Gasteiger partial charge in [-0.25, -0.2) is 9.78 Å². The zero-order valence-electron chi connectivity index (χ0n) is 16.9. The SMILES string of the molecule is CC[C@@]1(O)C(=O)OCc2c1cc1n(c2=O)Cc2c-1nc1cc3c(cc1c2CO)CCO3. The Morgan fingerprint density at radius 3 is 2.81 bits per heavy atom. The van der Waals surface area contributed by atoms with E-state index in [1.165, 1.54) is 0 Å². The summed E-state index contributed by atoms with van der Waals surface area (Å²) in [5.41, 5.74) is 2.74. The van der Waals surface area contributed by atoms with Gasteiger partial charge < -0.3 is 24.3 Å². The fourth-order valence-corrected chi connectivity index (χ4v) is 5.02. The fourth-order valence-electron chi connectivity index (χ4n) is 5.02. The van der Waals surface area contributed by atoms with Crippen molar-refractivity contribution < 1.29 is 24.5 Å². The normalized spacial score (nSPS) is 20.7. The number of pyridine rings is 2. The number of hydrogen-bond acceptors (Lipinski definition) is 7. The molecule has 0 saturated carbocycles. The largest absolute Gasteiger partial charge is 0.493 e. The van der Waals surface area contributed by atoms with E-state index in [2.05, 4.69) is 0 Å². The molecular weight excluding hydrogens is 400 g/mol. The third-order valence-corrected chi connectivity index (χ3v) is 6.78. The van der Waals surface area contributed by atoms with Crippen LogP contribution < -0.4 is 10.3 Å². The highest BCUT2D eigenvalue weighted by molar-refractivity contribution is 5.90. The summed E-state index contributed by atoms with van der Waals surface area (Å²) >= 11 is 0. The first-order valence-corrected chi connectivity index (χ1v) is 10.4. The average Bonchev–Trinajstić information content (AvgIpc) is 3.38. The summed E-state index contributed by atoms with van der Waals surface area (Å²) in [5.74, 6) is 0.0353. The molecule has 2 aromatic heterocycles. The monoisotopic (exact) mass is 420 g/mol. The van der Waals surface area contributed by atoms with Crippen LogP contribution in [0.4, 0.5) is 0 Å². The second kappa shape index (κ2) is 6.15. The topological polar surface area (TPSA) is 111 Å². The van der Waals surface area contributed by atoms with Crippen molar-refractivity contribution in [2.75, 3.05) is 6.61 Å². The first-order chi connectivity index (χ1) is 15.0. The summed E-state index contributed by atoms with van der Waals surface area (Å²) in [4.78, 5) is 30.4. The smallest absolute Gasteiger partial charge is 0.343 e. The van der Waals surface area contributed by atoms with Crippen LogP contribution in [0.1, 0.15) is 41.2 Å². The van der Waals surface area contributed by atoms with Crippen LogP contribution in [0, 0.1) is 0 Å². The van der Waals surface area contributed by atoms with E-state index in [9.17, 15) is 19.8 Å². The van der Waals surface area contributed by atoms with Crippen LogP contribution >= 0.6 is 0 Å². The number of fused-ring (bicyclic) bond motifs is 6. The number of aliphatic hydroxyl groups is 2. The van der Waals surface area contributed by atoms with E-state index in [0.29, 0.717) is 23.5 Å².